The zero-order chi connectivity index (χ0) is 10.1. The van der Waals surface area contributed by atoms with E-state index < -0.39 is 0 Å². The molecule has 0 aromatic heterocycles. The van der Waals surface area contributed by atoms with Crippen molar-refractivity contribution in [2.45, 2.75) is 5.92 Å². The van der Waals surface area contributed by atoms with E-state index in [1.807, 2.05) is 18.2 Å². The largest absolute Gasteiger partial charge is 0.386 e. The SMILES string of the molecule is NC1=CC(c2cc(Cl)cc(Cl)c2)CN1. The Labute approximate surface area is 92.7 Å². The maximum atomic E-state index is 5.91. The van der Waals surface area contributed by atoms with Crippen LogP contribution >= 0.6 is 23.2 Å². The van der Waals surface area contributed by atoms with Crippen LogP contribution in [0.2, 0.25) is 10.0 Å². The van der Waals surface area contributed by atoms with Gasteiger partial charge in [0.15, 0.2) is 0 Å². The molecule has 2 rings (SSSR count). The van der Waals surface area contributed by atoms with E-state index in [4.69, 9.17) is 28.9 Å². The molecule has 0 bridgehead atoms. The molecule has 74 valence electrons. The van der Waals surface area contributed by atoms with Crippen LogP contribution in [0.1, 0.15) is 11.5 Å². The molecule has 1 atom stereocenters. The lowest BCUT2D eigenvalue weighted by molar-refractivity contribution is 0.791. The number of nitrogens with two attached hydrogens (primary N) is 1. The van der Waals surface area contributed by atoms with Gasteiger partial charge in [-0.1, -0.05) is 23.2 Å². The van der Waals surface area contributed by atoms with Gasteiger partial charge in [-0.05, 0) is 29.8 Å². The first-order valence-corrected chi connectivity index (χ1v) is 5.08. The van der Waals surface area contributed by atoms with Crippen molar-refractivity contribution < 1.29 is 0 Å². The standard InChI is InChI=1S/C10H10Cl2N2/c11-8-1-6(2-9(12)4-8)7-3-10(13)14-5-7/h1-4,7,14H,5,13H2. The number of hydrogen-bond acceptors (Lipinski definition) is 2. The smallest absolute Gasteiger partial charge is 0.0926 e. The number of rotatable bonds is 1. The van der Waals surface area contributed by atoms with Crippen molar-refractivity contribution in [1.82, 2.24) is 5.32 Å². The van der Waals surface area contributed by atoms with Gasteiger partial charge in [-0.25, -0.2) is 0 Å². The van der Waals surface area contributed by atoms with Crippen LogP contribution in [0.4, 0.5) is 0 Å². The van der Waals surface area contributed by atoms with E-state index in [0.717, 1.165) is 12.1 Å². The fourth-order valence-corrected chi connectivity index (χ4v) is 2.11. The quantitative estimate of drug-likeness (QED) is 0.776. The topological polar surface area (TPSA) is 38.0 Å². The third kappa shape index (κ3) is 1.97. The van der Waals surface area contributed by atoms with Crippen LogP contribution in [-0.4, -0.2) is 6.54 Å². The number of halogens is 2. The van der Waals surface area contributed by atoms with E-state index in [1.165, 1.54) is 0 Å². The second-order valence-electron chi connectivity index (χ2n) is 3.31. The highest BCUT2D eigenvalue weighted by Crippen LogP contribution is 2.27. The van der Waals surface area contributed by atoms with Gasteiger partial charge in [-0.15, -0.1) is 0 Å². The third-order valence-electron chi connectivity index (χ3n) is 2.22. The van der Waals surface area contributed by atoms with Crippen LogP contribution in [0.15, 0.2) is 30.1 Å². The van der Waals surface area contributed by atoms with Gasteiger partial charge in [0.05, 0.1) is 5.82 Å². The maximum absolute atomic E-state index is 5.91. The summed E-state index contributed by atoms with van der Waals surface area (Å²) in [7, 11) is 0. The fourth-order valence-electron chi connectivity index (χ4n) is 1.57. The molecule has 0 spiro atoms. The van der Waals surface area contributed by atoms with Crippen LogP contribution in [0.25, 0.3) is 0 Å². The molecule has 1 aliphatic heterocycles. The minimum Gasteiger partial charge on any atom is -0.386 e. The Balaban J connectivity index is 2.32. The third-order valence-corrected chi connectivity index (χ3v) is 2.66. The predicted octanol–water partition coefficient (Wildman–Crippen LogP) is 2.48. The lowest BCUT2D eigenvalue weighted by Crippen LogP contribution is -2.15. The summed E-state index contributed by atoms with van der Waals surface area (Å²) in [5.74, 6) is 0.984. The first-order chi connectivity index (χ1) is 6.65. The highest BCUT2D eigenvalue weighted by Gasteiger charge is 2.15. The Hall–Kier alpha value is -0.860. The summed E-state index contributed by atoms with van der Waals surface area (Å²) in [6.45, 7) is 0.808. The molecule has 0 fully saturated rings. The average Bonchev–Trinajstić information content (AvgIpc) is 2.50. The lowest BCUT2D eigenvalue weighted by atomic mass is 10.0. The van der Waals surface area contributed by atoms with E-state index in [0.29, 0.717) is 15.9 Å². The van der Waals surface area contributed by atoms with Gasteiger partial charge in [0.25, 0.3) is 0 Å². The second-order valence-corrected chi connectivity index (χ2v) is 4.19. The maximum Gasteiger partial charge on any atom is 0.0926 e. The lowest BCUT2D eigenvalue weighted by Gasteiger charge is -2.08. The predicted molar refractivity (Wildman–Crippen MR) is 59.5 cm³/mol. The van der Waals surface area contributed by atoms with Crippen LogP contribution in [0.5, 0.6) is 0 Å². The Morgan fingerprint density at radius 2 is 1.86 bits per heavy atom. The summed E-state index contributed by atoms with van der Waals surface area (Å²) >= 11 is 11.8. The molecule has 1 unspecified atom stereocenters. The number of nitrogens with one attached hydrogen (secondary N) is 1. The monoisotopic (exact) mass is 228 g/mol. The van der Waals surface area contributed by atoms with Crippen molar-refractivity contribution in [3.05, 3.63) is 45.7 Å². The molecular weight excluding hydrogens is 219 g/mol. The molecule has 0 aliphatic carbocycles. The molecule has 3 N–H and O–H groups in total. The van der Waals surface area contributed by atoms with Crippen molar-refractivity contribution in [2.75, 3.05) is 6.54 Å². The summed E-state index contributed by atoms with van der Waals surface area (Å²) in [6, 6.07) is 5.55. The van der Waals surface area contributed by atoms with Crippen LogP contribution in [0, 0.1) is 0 Å². The number of benzene rings is 1. The average molecular weight is 229 g/mol. The van der Waals surface area contributed by atoms with E-state index >= 15 is 0 Å². The summed E-state index contributed by atoms with van der Waals surface area (Å²) < 4.78 is 0. The molecule has 1 aliphatic rings. The summed E-state index contributed by atoms with van der Waals surface area (Å²) in [5.41, 5.74) is 6.72. The van der Waals surface area contributed by atoms with Gasteiger partial charge < -0.3 is 11.1 Å². The first kappa shape index (κ1) is 9.69. The molecule has 0 amide bonds. The fraction of sp³-hybridized carbons (Fsp3) is 0.200. The molecule has 0 radical (unpaired) electrons. The minimum absolute atomic E-state index is 0.270. The van der Waals surface area contributed by atoms with Gasteiger partial charge in [0.2, 0.25) is 0 Å². The second kappa shape index (κ2) is 3.71. The number of hydrogen-bond donors (Lipinski definition) is 2. The Morgan fingerprint density at radius 3 is 2.36 bits per heavy atom. The zero-order valence-electron chi connectivity index (χ0n) is 7.43. The van der Waals surface area contributed by atoms with E-state index in [2.05, 4.69) is 5.32 Å². The molecule has 0 saturated carbocycles. The van der Waals surface area contributed by atoms with Crippen LogP contribution in [-0.2, 0) is 0 Å². The minimum atomic E-state index is 0.270. The normalized spacial score (nSPS) is 20.4. The molecule has 0 saturated heterocycles. The Kier molecular flexibility index (Phi) is 2.57. The van der Waals surface area contributed by atoms with E-state index in [9.17, 15) is 0 Å². The Morgan fingerprint density at radius 1 is 1.21 bits per heavy atom. The Bertz CT molecular complexity index is 367. The van der Waals surface area contributed by atoms with E-state index in [-0.39, 0.29) is 5.92 Å². The summed E-state index contributed by atoms with van der Waals surface area (Å²) in [6.07, 6.45) is 1.97. The van der Waals surface area contributed by atoms with Gasteiger partial charge in [0.1, 0.15) is 0 Å². The molecule has 4 heteroatoms. The first-order valence-electron chi connectivity index (χ1n) is 4.32. The van der Waals surface area contributed by atoms with Crippen molar-refractivity contribution >= 4 is 23.2 Å². The molecule has 1 heterocycles. The highest BCUT2D eigenvalue weighted by atomic mass is 35.5. The molecule has 1 aromatic rings. The van der Waals surface area contributed by atoms with Crippen molar-refractivity contribution in [1.29, 1.82) is 0 Å². The molecular formula is C10H10Cl2N2. The van der Waals surface area contributed by atoms with Crippen LogP contribution < -0.4 is 11.1 Å². The molecule has 1 aromatic carbocycles. The van der Waals surface area contributed by atoms with E-state index in [1.54, 1.807) is 6.07 Å². The van der Waals surface area contributed by atoms with Crippen LogP contribution in [0.3, 0.4) is 0 Å². The van der Waals surface area contributed by atoms with Crippen molar-refractivity contribution in [3.63, 3.8) is 0 Å². The van der Waals surface area contributed by atoms with Gasteiger partial charge >= 0.3 is 0 Å². The van der Waals surface area contributed by atoms with Gasteiger partial charge in [-0.2, -0.15) is 0 Å². The van der Waals surface area contributed by atoms with Crippen molar-refractivity contribution in [2.24, 2.45) is 5.73 Å². The van der Waals surface area contributed by atoms with Gasteiger partial charge in [-0.3, -0.25) is 0 Å². The highest BCUT2D eigenvalue weighted by molar-refractivity contribution is 6.34. The van der Waals surface area contributed by atoms with Crippen molar-refractivity contribution in [3.8, 4) is 0 Å². The summed E-state index contributed by atoms with van der Waals surface area (Å²) in [5, 5.41) is 4.38. The summed E-state index contributed by atoms with van der Waals surface area (Å²) in [4.78, 5) is 0. The zero-order valence-corrected chi connectivity index (χ0v) is 8.94. The van der Waals surface area contributed by atoms with Gasteiger partial charge in [0, 0.05) is 22.5 Å². The molecule has 2 nitrogen and oxygen atoms in total. The molecule has 14 heavy (non-hydrogen) atoms.